The molecule has 2 rings (SSSR count). The molecule has 0 saturated heterocycles. The average Bonchev–Trinajstić information content (AvgIpc) is 2.42. The van der Waals surface area contributed by atoms with Crippen molar-refractivity contribution in [3.63, 3.8) is 0 Å². The van der Waals surface area contributed by atoms with Gasteiger partial charge in [-0.3, -0.25) is 0 Å². The van der Waals surface area contributed by atoms with Gasteiger partial charge in [-0.2, -0.15) is 13.2 Å². The molecule has 0 heterocycles. The zero-order valence-electron chi connectivity index (χ0n) is 11.3. The first-order valence-electron chi connectivity index (χ1n) is 6.40. The van der Waals surface area contributed by atoms with E-state index in [0.717, 1.165) is 0 Å². The number of carboxylic acid groups (broad SMARTS) is 1. The highest BCUT2D eigenvalue weighted by Gasteiger charge is 2.31. The molecule has 0 aliphatic heterocycles. The van der Waals surface area contributed by atoms with Gasteiger partial charge in [-0.1, -0.05) is 24.3 Å². The Morgan fingerprint density at radius 3 is 2.29 bits per heavy atom. The van der Waals surface area contributed by atoms with E-state index in [2.05, 4.69) is 0 Å². The van der Waals surface area contributed by atoms with Gasteiger partial charge in [0.05, 0.1) is 5.56 Å². The Kier molecular flexibility index (Phi) is 4.06. The number of fused-ring (bicyclic) bond motifs is 1. The van der Waals surface area contributed by atoms with Crippen molar-refractivity contribution in [2.75, 3.05) is 18.0 Å². The summed E-state index contributed by atoms with van der Waals surface area (Å²) in [4.78, 5) is 12.4. The molecule has 3 nitrogen and oxygen atoms in total. The first-order valence-corrected chi connectivity index (χ1v) is 6.40. The van der Waals surface area contributed by atoms with Crippen LogP contribution in [0.25, 0.3) is 10.8 Å². The number of nitrogens with zero attached hydrogens (tertiary/aromatic N) is 1. The van der Waals surface area contributed by atoms with E-state index in [0.29, 0.717) is 16.5 Å². The molecule has 0 unspecified atom stereocenters. The summed E-state index contributed by atoms with van der Waals surface area (Å²) in [5.41, 5.74) is 0.466. The largest absolute Gasteiger partial charge is 0.478 e. The molecule has 112 valence electrons. The van der Waals surface area contributed by atoms with E-state index in [1.54, 1.807) is 31.2 Å². The summed E-state index contributed by atoms with van der Waals surface area (Å²) in [6.07, 6.45) is -4.32. The molecule has 0 radical (unpaired) electrons. The van der Waals surface area contributed by atoms with Gasteiger partial charge in [0.1, 0.15) is 6.54 Å². The lowest BCUT2D eigenvalue weighted by molar-refractivity contribution is -0.119. The molecule has 0 fully saturated rings. The standard InChI is InChI=1S/C15H14F3NO2/c1-2-19(9-15(16,17)18)13-8-7-12(14(20)21)10-5-3-4-6-11(10)13/h3-8H,2,9H2,1H3,(H,20,21). The van der Waals surface area contributed by atoms with E-state index in [1.807, 2.05) is 0 Å². The summed E-state index contributed by atoms with van der Waals surface area (Å²) in [6, 6.07) is 9.36. The summed E-state index contributed by atoms with van der Waals surface area (Å²) in [5.74, 6) is -1.10. The Morgan fingerprint density at radius 1 is 1.14 bits per heavy atom. The van der Waals surface area contributed by atoms with Crippen LogP contribution in [0.5, 0.6) is 0 Å². The molecule has 0 atom stereocenters. The second-order valence-corrected chi connectivity index (χ2v) is 4.61. The van der Waals surface area contributed by atoms with Gasteiger partial charge < -0.3 is 10.0 Å². The summed E-state index contributed by atoms with van der Waals surface area (Å²) < 4.78 is 38.0. The quantitative estimate of drug-likeness (QED) is 0.929. The molecule has 0 bridgehead atoms. The van der Waals surface area contributed by atoms with E-state index in [-0.39, 0.29) is 12.1 Å². The summed E-state index contributed by atoms with van der Waals surface area (Å²) in [7, 11) is 0. The van der Waals surface area contributed by atoms with E-state index in [4.69, 9.17) is 5.11 Å². The fourth-order valence-corrected chi connectivity index (χ4v) is 2.33. The van der Waals surface area contributed by atoms with Crippen LogP contribution < -0.4 is 4.90 Å². The highest BCUT2D eigenvalue weighted by atomic mass is 19.4. The van der Waals surface area contributed by atoms with Crippen LogP contribution in [0.1, 0.15) is 17.3 Å². The van der Waals surface area contributed by atoms with Crippen molar-refractivity contribution in [1.82, 2.24) is 0 Å². The van der Waals surface area contributed by atoms with Gasteiger partial charge in [0.25, 0.3) is 0 Å². The first kappa shape index (κ1) is 15.2. The predicted octanol–water partition coefficient (Wildman–Crippen LogP) is 3.93. The Morgan fingerprint density at radius 2 is 1.76 bits per heavy atom. The minimum atomic E-state index is -4.32. The van der Waals surface area contributed by atoms with Crippen LogP contribution in [0.2, 0.25) is 0 Å². The van der Waals surface area contributed by atoms with Crippen molar-refractivity contribution in [3.05, 3.63) is 42.0 Å². The topological polar surface area (TPSA) is 40.5 Å². The van der Waals surface area contributed by atoms with Gasteiger partial charge in [-0.25, -0.2) is 4.79 Å². The molecule has 0 spiro atoms. The smallest absolute Gasteiger partial charge is 0.405 e. The molecule has 1 N–H and O–H groups in total. The van der Waals surface area contributed by atoms with Crippen LogP contribution in [0.4, 0.5) is 18.9 Å². The SMILES string of the molecule is CCN(CC(F)(F)F)c1ccc(C(=O)O)c2ccccc12. The molecule has 21 heavy (non-hydrogen) atoms. The van der Waals surface area contributed by atoms with Crippen LogP contribution in [0, 0.1) is 0 Å². The maximum absolute atomic E-state index is 12.7. The zero-order chi connectivity index (χ0) is 15.6. The number of carboxylic acids is 1. The first-order chi connectivity index (χ1) is 9.83. The lowest BCUT2D eigenvalue weighted by atomic mass is 10.0. The lowest BCUT2D eigenvalue weighted by Gasteiger charge is -2.26. The van der Waals surface area contributed by atoms with Crippen molar-refractivity contribution < 1.29 is 23.1 Å². The Hall–Kier alpha value is -2.24. The minimum absolute atomic E-state index is 0.0809. The van der Waals surface area contributed by atoms with E-state index in [9.17, 15) is 18.0 Å². The number of carbonyl (C=O) groups is 1. The van der Waals surface area contributed by atoms with Gasteiger partial charge >= 0.3 is 12.1 Å². The molecule has 0 aliphatic carbocycles. The summed E-state index contributed by atoms with van der Waals surface area (Å²) in [6.45, 7) is 0.738. The monoisotopic (exact) mass is 297 g/mol. The Bertz CT molecular complexity index is 668. The van der Waals surface area contributed by atoms with E-state index in [1.165, 1.54) is 17.0 Å². The maximum atomic E-state index is 12.7. The molecule has 0 aliphatic rings. The number of benzene rings is 2. The second-order valence-electron chi connectivity index (χ2n) is 4.61. The van der Waals surface area contributed by atoms with Crippen molar-refractivity contribution >= 4 is 22.4 Å². The van der Waals surface area contributed by atoms with Crippen LogP contribution in [-0.4, -0.2) is 30.3 Å². The van der Waals surface area contributed by atoms with Crippen LogP contribution in [0.15, 0.2) is 36.4 Å². The van der Waals surface area contributed by atoms with Gasteiger partial charge in [0.2, 0.25) is 0 Å². The van der Waals surface area contributed by atoms with Gasteiger partial charge in [-0.15, -0.1) is 0 Å². The van der Waals surface area contributed by atoms with E-state index >= 15 is 0 Å². The van der Waals surface area contributed by atoms with Crippen LogP contribution in [0.3, 0.4) is 0 Å². The normalized spacial score (nSPS) is 11.6. The molecule has 2 aromatic rings. The Labute approximate surface area is 119 Å². The third-order valence-corrected chi connectivity index (χ3v) is 3.22. The molecular weight excluding hydrogens is 283 g/mol. The average molecular weight is 297 g/mol. The fourth-order valence-electron chi connectivity index (χ4n) is 2.33. The number of halogens is 3. The predicted molar refractivity (Wildman–Crippen MR) is 74.8 cm³/mol. The van der Waals surface area contributed by atoms with E-state index < -0.39 is 18.7 Å². The van der Waals surface area contributed by atoms with Gasteiger partial charge in [-0.05, 0) is 24.4 Å². The highest BCUT2D eigenvalue weighted by Crippen LogP contribution is 2.31. The number of rotatable bonds is 4. The number of hydrogen-bond donors (Lipinski definition) is 1. The molecule has 6 heteroatoms. The van der Waals surface area contributed by atoms with Crippen molar-refractivity contribution in [3.8, 4) is 0 Å². The fraction of sp³-hybridized carbons (Fsp3) is 0.267. The van der Waals surface area contributed by atoms with Crippen molar-refractivity contribution in [1.29, 1.82) is 0 Å². The minimum Gasteiger partial charge on any atom is -0.478 e. The molecule has 0 saturated carbocycles. The second kappa shape index (κ2) is 5.63. The number of anilines is 1. The highest BCUT2D eigenvalue weighted by molar-refractivity contribution is 6.07. The third kappa shape index (κ3) is 3.26. The summed E-state index contributed by atoms with van der Waals surface area (Å²) >= 11 is 0. The number of alkyl halides is 3. The number of aromatic carboxylic acids is 1. The van der Waals surface area contributed by atoms with Crippen LogP contribution in [-0.2, 0) is 0 Å². The molecule has 0 aromatic heterocycles. The molecule has 2 aromatic carbocycles. The molecular formula is C15H14F3NO2. The third-order valence-electron chi connectivity index (χ3n) is 3.22. The van der Waals surface area contributed by atoms with Gasteiger partial charge in [0, 0.05) is 17.6 Å². The van der Waals surface area contributed by atoms with Crippen LogP contribution >= 0.6 is 0 Å². The maximum Gasteiger partial charge on any atom is 0.405 e. The van der Waals surface area contributed by atoms with Crippen molar-refractivity contribution in [2.24, 2.45) is 0 Å². The summed E-state index contributed by atoms with van der Waals surface area (Å²) in [5, 5.41) is 10.1. The molecule has 0 amide bonds. The van der Waals surface area contributed by atoms with Crippen molar-refractivity contribution in [2.45, 2.75) is 13.1 Å². The number of hydrogen-bond acceptors (Lipinski definition) is 2. The zero-order valence-corrected chi connectivity index (χ0v) is 11.3. The Balaban J connectivity index is 2.59. The lowest BCUT2D eigenvalue weighted by Crippen LogP contribution is -2.34. The van der Waals surface area contributed by atoms with Gasteiger partial charge in [0.15, 0.2) is 0 Å².